The molecule has 0 saturated heterocycles. The van der Waals surface area contributed by atoms with Gasteiger partial charge in [0, 0.05) is 15.8 Å². The Labute approximate surface area is 84.7 Å². The summed E-state index contributed by atoms with van der Waals surface area (Å²) < 4.78 is 0.914. The molecule has 0 atom stereocenters. The van der Waals surface area contributed by atoms with E-state index < -0.39 is 0 Å². The second kappa shape index (κ2) is 2.92. The molecule has 13 heavy (non-hydrogen) atoms. The normalized spacial score (nSPS) is 10.5. The van der Waals surface area contributed by atoms with Crippen LogP contribution in [0.1, 0.15) is 0 Å². The molecule has 0 aromatic heterocycles. The minimum absolute atomic E-state index is 0.734. The third kappa shape index (κ3) is 1.35. The van der Waals surface area contributed by atoms with Gasteiger partial charge in [-0.15, -0.1) is 0 Å². The molecule has 2 aromatic carbocycles. The number of nitrogen functional groups attached to an aromatic ring is 2. The fraction of sp³-hybridized carbons (Fsp3) is 0. The molecule has 2 aromatic rings. The first-order chi connectivity index (χ1) is 6.18. The second-order valence-electron chi connectivity index (χ2n) is 2.95. The predicted molar refractivity (Wildman–Crippen MR) is 60.5 cm³/mol. The summed E-state index contributed by atoms with van der Waals surface area (Å²) in [5.41, 5.74) is 12.9. The fourth-order valence-electron chi connectivity index (χ4n) is 1.32. The van der Waals surface area contributed by atoms with Crippen LogP contribution in [-0.4, -0.2) is 0 Å². The fourth-order valence-corrected chi connectivity index (χ4v) is 1.79. The zero-order valence-electron chi connectivity index (χ0n) is 6.92. The average molecular weight is 237 g/mol. The first kappa shape index (κ1) is 8.38. The van der Waals surface area contributed by atoms with Gasteiger partial charge in [0.1, 0.15) is 0 Å². The van der Waals surface area contributed by atoms with Gasteiger partial charge in [-0.1, -0.05) is 12.1 Å². The van der Waals surface area contributed by atoms with E-state index in [9.17, 15) is 0 Å². The quantitative estimate of drug-likeness (QED) is 0.692. The number of rotatable bonds is 0. The summed E-state index contributed by atoms with van der Waals surface area (Å²) in [6, 6.07) is 9.63. The van der Waals surface area contributed by atoms with E-state index in [0.29, 0.717) is 0 Å². The molecule has 0 unspecified atom stereocenters. The van der Waals surface area contributed by atoms with E-state index in [4.69, 9.17) is 11.5 Å². The summed E-state index contributed by atoms with van der Waals surface area (Å²) in [5.74, 6) is 0. The van der Waals surface area contributed by atoms with E-state index >= 15 is 0 Å². The average Bonchev–Trinajstić information content (AvgIpc) is 2.12. The van der Waals surface area contributed by atoms with Crippen LogP contribution in [0.5, 0.6) is 0 Å². The number of hydrogen-bond acceptors (Lipinski definition) is 2. The molecule has 0 aliphatic heterocycles. The molecule has 2 rings (SSSR count). The monoisotopic (exact) mass is 236 g/mol. The highest BCUT2D eigenvalue weighted by atomic mass is 79.9. The highest BCUT2D eigenvalue weighted by molar-refractivity contribution is 9.10. The Morgan fingerprint density at radius 3 is 2.46 bits per heavy atom. The Morgan fingerprint density at radius 1 is 1.00 bits per heavy atom. The molecular formula is C10H9BrN2. The summed E-state index contributed by atoms with van der Waals surface area (Å²) in [5, 5.41) is 2.19. The zero-order chi connectivity index (χ0) is 9.42. The first-order valence-electron chi connectivity index (χ1n) is 3.92. The third-order valence-electron chi connectivity index (χ3n) is 2.01. The van der Waals surface area contributed by atoms with Crippen molar-refractivity contribution in [1.29, 1.82) is 0 Å². The summed E-state index contributed by atoms with van der Waals surface area (Å²) >= 11 is 3.43. The Morgan fingerprint density at radius 2 is 1.69 bits per heavy atom. The van der Waals surface area contributed by atoms with Crippen LogP contribution in [0.3, 0.4) is 0 Å². The number of benzene rings is 2. The molecular weight excluding hydrogens is 228 g/mol. The number of nitrogens with two attached hydrogens (primary N) is 2. The SMILES string of the molecule is Nc1ccc2ccc(N)c(Br)c2c1. The molecule has 2 nitrogen and oxygen atoms in total. The van der Waals surface area contributed by atoms with Gasteiger partial charge >= 0.3 is 0 Å². The van der Waals surface area contributed by atoms with Gasteiger partial charge in [0.05, 0.1) is 0 Å². The Kier molecular flexibility index (Phi) is 1.88. The third-order valence-corrected chi connectivity index (χ3v) is 2.89. The lowest BCUT2D eigenvalue weighted by atomic mass is 10.1. The Bertz CT molecular complexity index is 460. The van der Waals surface area contributed by atoms with Gasteiger partial charge in [-0.05, 0) is 44.9 Å². The molecule has 0 aliphatic rings. The van der Waals surface area contributed by atoms with Crippen LogP contribution in [0.2, 0.25) is 0 Å². The highest BCUT2D eigenvalue weighted by Gasteiger charge is 2.01. The largest absolute Gasteiger partial charge is 0.399 e. The molecule has 0 bridgehead atoms. The van der Waals surface area contributed by atoms with Crippen molar-refractivity contribution in [2.45, 2.75) is 0 Å². The Hall–Kier alpha value is -1.22. The minimum atomic E-state index is 0.734. The first-order valence-corrected chi connectivity index (χ1v) is 4.71. The van der Waals surface area contributed by atoms with Crippen LogP contribution in [0.15, 0.2) is 34.8 Å². The number of hydrogen-bond donors (Lipinski definition) is 2. The number of anilines is 2. The second-order valence-corrected chi connectivity index (χ2v) is 3.74. The lowest BCUT2D eigenvalue weighted by molar-refractivity contribution is 1.68. The standard InChI is InChI=1S/C10H9BrN2/c11-10-8-5-7(12)3-1-6(8)2-4-9(10)13/h1-5H,12-13H2. The van der Waals surface area contributed by atoms with E-state index in [-0.39, 0.29) is 0 Å². The summed E-state index contributed by atoms with van der Waals surface area (Å²) in [6.07, 6.45) is 0. The molecule has 0 radical (unpaired) electrons. The van der Waals surface area contributed by atoms with Gasteiger partial charge in [0.15, 0.2) is 0 Å². The summed E-state index contributed by atoms with van der Waals surface area (Å²) in [7, 11) is 0. The van der Waals surface area contributed by atoms with E-state index in [1.54, 1.807) is 0 Å². The van der Waals surface area contributed by atoms with Crippen LogP contribution in [0.4, 0.5) is 11.4 Å². The van der Waals surface area contributed by atoms with Crippen molar-refractivity contribution in [3.63, 3.8) is 0 Å². The van der Waals surface area contributed by atoms with Crippen molar-refractivity contribution in [3.05, 3.63) is 34.8 Å². The van der Waals surface area contributed by atoms with Crippen molar-refractivity contribution < 1.29 is 0 Å². The van der Waals surface area contributed by atoms with E-state index in [1.807, 2.05) is 30.3 Å². The molecule has 0 heterocycles. The van der Waals surface area contributed by atoms with Gasteiger partial charge in [-0.25, -0.2) is 0 Å². The smallest absolute Gasteiger partial charge is 0.0484 e. The molecule has 0 spiro atoms. The van der Waals surface area contributed by atoms with Crippen molar-refractivity contribution in [3.8, 4) is 0 Å². The van der Waals surface area contributed by atoms with Crippen LogP contribution < -0.4 is 11.5 Å². The lowest BCUT2D eigenvalue weighted by Crippen LogP contribution is -1.89. The van der Waals surface area contributed by atoms with Crippen molar-refractivity contribution in [1.82, 2.24) is 0 Å². The van der Waals surface area contributed by atoms with Gasteiger partial charge in [0.25, 0.3) is 0 Å². The zero-order valence-corrected chi connectivity index (χ0v) is 8.51. The topological polar surface area (TPSA) is 52.0 Å². The van der Waals surface area contributed by atoms with Gasteiger partial charge < -0.3 is 11.5 Å². The van der Waals surface area contributed by atoms with Crippen LogP contribution in [-0.2, 0) is 0 Å². The highest BCUT2D eigenvalue weighted by Crippen LogP contribution is 2.30. The van der Waals surface area contributed by atoms with Gasteiger partial charge in [0.2, 0.25) is 0 Å². The van der Waals surface area contributed by atoms with Gasteiger partial charge in [-0.3, -0.25) is 0 Å². The summed E-state index contributed by atoms with van der Waals surface area (Å²) in [4.78, 5) is 0. The molecule has 3 heteroatoms. The maximum absolute atomic E-state index is 5.75. The number of halogens is 1. The number of fused-ring (bicyclic) bond motifs is 1. The van der Waals surface area contributed by atoms with Gasteiger partial charge in [-0.2, -0.15) is 0 Å². The van der Waals surface area contributed by atoms with E-state index in [0.717, 1.165) is 26.6 Å². The van der Waals surface area contributed by atoms with E-state index in [2.05, 4.69) is 15.9 Å². The molecule has 66 valence electrons. The maximum atomic E-state index is 5.75. The van der Waals surface area contributed by atoms with Crippen molar-refractivity contribution in [2.24, 2.45) is 0 Å². The molecule has 0 amide bonds. The maximum Gasteiger partial charge on any atom is 0.0484 e. The minimum Gasteiger partial charge on any atom is -0.399 e. The van der Waals surface area contributed by atoms with E-state index in [1.165, 1.54) is 0 Å². The lowest BCUT2D eigenvalue weighted by Gasteiger charge is -2.04. The molecule has 0 aliphatic carbocycles. The van der Waals surface area contributed by atoms with Crippen LogP contribution >= 0.6 is 15.9 Å². The molecule has 0 saturated carbocycles. The van der Waals surface area contributed by atoms with Crippen LogP contribution in [0, 0.1) is 0 Å². The Balaban J connectivity index is 2.89. The molecule has 4 N–H and O–H groups in total. The predicted octanol–water partition coefficient (Wildman–Crippen LogP) is 2.77. The molecule has 0 fully saturated rings. The van der Waals surface area contributed by atoms with Crippen molar-refractivity contribution in [2.75, 3.05) is 11.5 Å². The summed E-state index contributed by atoms with van der Waals surface area (Å²) in [6.45, 7) is 0. The van der Waals surface area contributed by atoms with Crippen molar-refractivity contribution >= 4 is 38.1 Å². The van der Waals surface area contributed by atoms with Crippen LogP contribution in [0.25, 0.3) is 10.8 Å².